The minimum atomic E-state index is 0.0951. The molecule has 1 amide bonds. The first kappa shape index (κ1) is 16.8. The van der Waals surface area contributed by atoms with Crippen molar-refractivity contribution in [1.29, 1.82) is 0 Å². The molecule has 5 nitrogen and oxygen atoms in total. The molecule has 5 heteroatoms. The van der Waals surface area contributed by atoms with E-state index in [2.05, 4.69) is 5.10 Å². The Hall–Kier alpha value is -2.66. The van der Waals surface area contributed by atoms with Crippen LogP contribution in [0.5, 0.6) is 0 Å². The van der Waals surface area contributed by atoms with E-state index in [1.165, 1.54) is 0 Å². The van der Waals surface area contributed by atoms with Crippen LogP contribution in [0.1, 0.15) is 30.1 Å². The Bertz CT molecular complexity index is 912. The molecular formula is C21H23N3O2. The van der Waals surface area contributed by atoms with E-state index in [1.54, 1.807) is 0 Å². The summed E-state index contributed by atoms with van der Waals surface area (Å²) in [7, 11) is 0. The van der Waals surface area contributed by atoms with Crippen LogP contribution in [-0.4, -0.2) is 46.2 Å². The Morgan fingerprint density at radius 3 is 2.88 bits per heavy atom. The van der Waals surface area contributed by atoms with E-state index in [1.807, 2.05) is 71.2 Å². The number of fused-ring (bicyclic) bond motifs is 1. The normalized spacial score (nSPS) is 15.3. The van der Waals surface area contributed by atoms with Gasteiger partial charge >= 0.3 is 0 Å². The molecule has 4 rings (SSSR count). The van der Waals surface area contributed by atoms with E-state index in [0.717, 1.165) is 48.3 Å². The summed E-state index contributed by atoms with van der Waals surface area (Å²) in [4.78, 5) is 15.1. The highest BCUT2D eigenvalue weighted by atomic mass is 16.5. The van der Waals surface area contributed by atoms with Crippen molar-refractivity contribution in [1.82, 2.24) is 14.5 Å². The maximum atomic E-state index is 13.1. The molecule has 2 aromatic heterocycles. The lowest BCUT2D eigenvalue weighted by atomic mass is 10.0. The number of carbonyl (C=O) groups excluding carboxylic acids is 1. The Balaban J connectivity index is 1.65. The Morgan fingerprint density at radius 2 is 2.08 bits per heavy atom. The maximum Gasteiger partial charge on any atom is 0.254 e. The molecule has 0 aliphatic carbocycles. The van der Waals surface area contributed by atoms with Crippen LogP contribution in [0.3, 0.4) is 0 Å². The lowest BCUT2D eigenvalue weighted by molar-refractivity contribution is 0.0305. The fourth-order valence-corrected chi connectivity index (χ4v) is 3.71. The van der Waals surface area contributed by atoms with Gasteiger partial charge in [-0.25, -0.2) is 4.52 Å². The molecule has 3 aromatic rings. The number of hydrogen-bond donors (Lipinski definition) is 0. The number of pyridine rings is 1. The van der Waals surface area contributed by atoms with Gasteiger partial charge in [-0.1, -0.05) is 18.2 Å². The van der Waals surface area contributed by atoms with E-state index < -0.39 is 0 Å². The van der Waals surface area contributed by atoms with Crippen LogP contribution >= 0.6 is 0 Å². The molecule has 26 heavy (non-hydrogen) atoms. The van der Waals surface area contributed by atoms with E-state index in [4.69, 9.17) is 4.74 Å². The first-order chi connectivity index (χ1) is 12.8. The lowest BCUT2D eigenvalue weighted by Crippen LogP contribution is -2.43. The molecule has 1 fully saturated rings. The average Bonchev–Trinajstić information content (AvgIpc) is 3.13. The molecule has 3 heterocycles. The third-order valence-corrected chi connectivity index (χ3v) is 5.08. The van der Waals surface area contributed by atoms with Gasteiger partial charge in [0.15, 0.2) is 0 Å². The third kappa shape index (κ3) is 3.10. The highest BCUT2D eigenvalue weighted by Gasteiger charge is 2.25. The summed E-state index contributed by atoms with van der Waals surface area (Å²) in [5.74, 6) is 0.0951. The summed E-state index contributed by atoms with van der Waals surface area (Å²) in [6.45, 7) is 4.22. The van der Waals surface area contributed by atoms with Crippen molar-refractivity contribution in [2.45, 2.75) is 25.8 Å². The molecule has 1 aliphatic heterocycles. The zero-order chi connectivity index (χ0) is 17.9. The largest absolute Gasteiger partial charge is 0.381 e. The Kier molecular flexibility index (Phi) is 4.71. The quantitative estimate of drug-likeness (QED) is 0.722. The molecule has 134 valence electrons. The second kappa shape index (κ2) is 7.30. The van der Waals surface area contributed by atoms with Gasteiger partial charge in [0.2, 0.25) is 0 Å². The molecule has 1 aromatic carbocycles. The van der Waals surface area contributed by atoms with Gasteiger partial charge in [-0.15, -0.1) is 0 Å². The Morgan fingerprint density at radius 1 is 1.23 bits per heavy atom. The van der Waals surface area contributed by atoms with Gasteiger partial charge in [0, 0.05) is 43.1 Å². The molecule has 0 atom stereocenters. The van der Waals surface area contributed by atoms with Crippen molar-refractivity contribution in [2.24, 2.45) is 0 Å². The van der Waals surface area contributed by atoms with Crippen molar-refractivity contribution in [3.05, 3.63) is 60.4 Å². The van der Waals surface area contributed by atoms with Crippen molar-refractivity contribution in [3.63, 3.8) is 0 Å². The fraction of sp³-hybridized carbons (Fsp3) is 0.333. The van der Waals surface area contributed by atoms with Gasteiger partial charge in [-0.05, 0) is 49.6 Å². The van der Waals surface area contributed by atoms with E-state index >= 15 is 0 Å². The highest BCUT2D eigenvalue weighted by molar-refractivity contribution is 5.96. The third-order valence-electron chi connectivity index (χ3n) is 5.08. The van der Waals surface area contributed by atoms with Crippen LogP contribution in [0.4, 0.5) is 0 Å². The first-order valence-corrected chi connectivity index (χ1v) is 9.19. The van der Waals surface area contributed by atoms with Gasteiger partial charge in [-0.2, -0.15) is 5.10 Å². The molecule has 0 N–H and O–H groups in total. The summed E-state index contributed by atoms with van der Waals surface area (Å²) in [6.07, 6.45) is 5.60. The molecular weight excluding hydrogens is 326 g/mol. The minimum absolute atomic E-state index is 0.0951. The molecule has 0 unspecified atom stereocenters. The molecule has 0 saturated carbocycles. The number of ether oxygens (including phenoxy) is 1. The monoisotopic (exact) mass is 349 g/mol. The smallest absolute Gasteiger partial charge is 0.254 e. The zero-order valence-corrected chi connectivity index (χ0v) is 15.0. The predicted molar refractivity (Wildman–Crippen MR) is 101 cm³/mol. The number of carbonyl (C=O) groups is 1. The number of nitrogens with zero attached hydrogens (tertiary/aromatic N) is 3. The van der Waals surface area contributed by atoms with Crippen LogP contribution in [0.25, 0.3) is 16.6 Å². The van der Waals surface area contributed by atoms with Crippen LogP contribution in [0.15, 0.2) is 54.9 Å². The summed E-state index contributed by atoms with van der Waals surface area (Å²) in [5, 5.41) is 4.40. The van der Waals surface area contributed by atoms with E-state index in [0.29, 0.717) is 6.54 Å². The van der Waals surface area contributed by atoms with Gasteiger partial charge < -0.3 is 9.64 Å². The number of aromatic nitrogens is 2. The number of hydrogen-bond acceptors (Lipinski definition) is 3. The minimum Gasteiger partial charge on any atom is -0.381 e. The summed E-state index contributed by atoms with van der Waals surface area (Å²) in [6, 6.07) is 14.1. The van der Waals surface area contributed by atoms with Gasteiger partial charge in [-0.3, -0.25) is 4.79 Å². The molecule has 1 aliphatic rings. The molecule has 1 saturated heterocycles. The van der Waals surface area contributed by atoms with Crippen LogP contribution in [0, 0.1) is 0 Å². The number of amides is 1. The first-order valence-electron chi connectivity index (χ1n) is 9.19. The van der Waals surface area contributed by atoms with Crippen LogP contribution in [-0.2, 0) is 4.74 Å². The van der Waals surface area contributed by atoms with Crippen LogP contribution in [0.2, 0.25) is 0 Å². The topological polar surface area (TPSA) is 46.8 Å². The standard InChI is InChI=1S/C21H23N3O2/c1-2-23(18-9-12-26-13-10-18)21(25)17-7-5-6-16(14-17)19-15-22-24-11-4-3-8-20(19)24/h3-8,11,14-15,18H,2,9-10,12-13H2,1H3. The van der Waals surface area contributed by atoms with Crippen molar-refractivity contribution < 1.29 is 9.53 Å². The highest BCUT2D eigenvalue weighted by Crippen LogP contribution is 2.26. The van der Waals surface area contributed by atoms with E-state index in [-0.39, 0.29) is 11.9 Å². The van der Waals surface area contributed by atoms with Gasteiger partial charge in [0.1, 0.15) is 0 Å². The summed E-state index contributed by atoms with van der Waals surface area (Å²) >= 11 is 0. The second-order valence-electron chi connectivity index (χ2n) is 6.60. The zero-order valence-electron chi connectivity index (χ0n) is 15.0. The number of rotatable bonds is 4. The second-order valence-corrected chi connectivity index (χ2v) is 6.60. The number of benzene rings is 1. The average molecular weight is 349 g/mol. The van der Waals surface area contributed by atoms with Crippen molar-refractivity contribution >= 4 is 11.4 Å². The predicted octanol–water partition coefficient (Wildman–Crippen LogP) is 3.64. The molecule has 0 radical (unpaired) electrons. The Labute approximate surface area is 153 Å². The summed E-state index contributed by atoms with van der Waals surface area (Å²) < 4.78 is 7.29. The summed E-state index contributed by atoms with van der Waals surface area (Å²) in [5.41, 5.74) is 3.81. The van der Waals surface area contributed by atoms with Gasteiger partial charge in [0.25, 0.3) is 5.91 Å². The van der Waals surface area contributed by atoms with Crippen molar-refractivity contribution in [3.8, 4) is 11.1 Å². The van der Waals surface area contributed by atoms with Crippen molar-refractivity contribution in [2.75, 3.05) is 19.8 Å². The van der Waals surface area contributed by atoms with Crippen LogP contribution < -0.4 is 0 Å². The lowest BCUT2D eigenvalue weighted by Gasteiger charge is -2.33. The molecule has 0 spiro atoms. The SMILES string of the molecule is CCN(C(=O)c1cccc(-c2cnn3ccccc23)c1)C1CCOCC1. The van der Waals surface area contributed by atoms with Gasteiger partial charge in [0.05, 0.1) is 11.7 Å². The van der Waals surface area contributed by atoms with E-state index in [9.17, 15) is 4.79 Å². The molecule has 0 bridgehead atoms. The maximum absolute atomic E-state index is 13.1. The fourth-order valence-electron chi connectivity index (χ4n) is 3.71.